The van der Waals surface area contributed by atoms with E-state index in [9.17, 15) is 0 Å². The highest BCUT2D eigenvalue weighted by molar-refractivity contribution is 5.83. The van der Waals surface area contributed by atoms with Gasteiger partial charge in [0.1, 0.15) is 0 Å². The van der Waals surface area contributed by atoms with Gasteiger partial charge >= 0.3 is 0 Å². The molecule has 1 aliphatic carbocycles. The van der Waals surface area contributed by atoms with Gasteiger partial charge in [-0.3, -0.25) is 0 Å². The first-order chi connectivity index (χ1) is 12.8. The summed E-state index contributed by atoms with van der Waals surface area (Å²) in [5, 5.41) is 3.58. The van der Waals surface area contributed by atoms with Crippen LogP contribution in [-0.4, -0.2) is 13.1 Å². The van der Waals surface area contributed by atoms with Crippen molar-refractivity contribution in [2.45, 2.75) is 26.2 Å². The third-order valence-corrected chi connectivity index (χ3v) is 5.74. The molecular weight excluding hydrogens is 316 g/mol. The number of fused-ring (bicyclic) bond motifs is 3. The highest BCUT2D eigenvalue weighted by Crippen LogP contribution is 2.41. The van der Waals surface area contributed by atoms with Crippen LogP contribution in [-0.2, 0) is 6.42 Å². The molecule has 1 fully saturated rings. The number of hydrogen-bond acceptors (Lipinski definition) is 2. The molecule has 0 atom stereocenters. The van der Waals surface area contributed by atoms with Crippen molar-refractivity contribution < 1.29 is 0 Å². The summed E-state index contributed by atoms with van der Waals surface area (Å²) >= 11 is 0. The van der Waals surface area contributed by atoms with Crippen molar-refractivity contribution in [3.63, 3.8) is 0 Å². The molecule has 1 N–H and O–H groups in total. The Balaban J connectivity index is 1.50. The smallest absolute Gasteiger partial charge is 0.0417 e. The first kappa shape index (κ1) is 15.5. The Morgan fingerprint density at radius 2 is 1.58 bits per heavy atom. The number of rotatable bonds is 3. The standard InChI is InChI=1S/C24H24N2/c1-17-13-22-19(15-24(17)25-20-7-3-2-4-8-20)14-18-9-10-21(16-23(18)22)26-11-5-6-12-26/h2-4,7-10,13,15-16,25H,5-6,11-12,14H2,1H3. The lowest BCUT2D eigenvalue weighted by Crippen LogP contribution is -2.17. The predicted octanol–water partition coefficient (Wildman–Crippen LogP) is 5.91. The molecule has 5 rings (SSSR count). The maximum Gasteiger partial charge on any atom is 0.0417 e. The van der Waals surface area contributed by atoms with Gasteiger partial charge in [-0.05, 0) is 90.4 Å². The molecule has 2 aliphatic rings. The first-order valence-electron chi connectivity index (χ1n) is 9.62. The summed E-state index contributed by atoms with van der Waals surface area (Å²) in [6.45, 7) is 4.60. The molecule has 0 bridgehead atoms. The highest BCUT2D eigenvalue weighted by Gasteiger charge is 2.22. The molecule has 0 radical (unpaired) electrons. The number of hydrogen-bond donors (Lipinski definition) is 1. The van der Waals surface area contributed by atoms with E-state index in [-0.39, 0.29) is 0 Å². The molecule has 0 spiro atoms. The van der Waals surface area contributed by atoms with Crippen molar-refractivity contribution in [3.8, 4) is 11.1 Å². The van der Waals surface area contributed by atoms with Crippen LogP contribution in [0.5, 0.6) is 0 Å². The van der Waals surface area contributed by atoms with Crippen LogP contribution >= 0.6 is 0 Å². The minimum atomic E-state index is 1.04. The van der Waals surface area contributed by atoms with E-state index in [1.165, 1.54) is 65.1 Å². The summed E-state index contributed by atoms with van der Waals surface area (Å²) in [6.07, 6.45) is 3.68. The molecule has 26 heavy (non-hydrogen) atoms. The Morgan fingerprint density at radius 1 is 0.808 bits per heavy atom. The summed E-state index contributed by atoms with van der Waals surface area (Å²) in [5.74, 6) is 0. The summed E-state index contributed by atoms with van der Waals surface area (Å²) in [5.41, 5.74) is 10.8. The number of benzene rings is 3. The van der Waals surface area contributed by atoms with Crippen LogP contribution in [0.3, 0.4) is 0 Å². The molecule has 1 heterocycles. The van der Waals surface area contributed by atoms with E-state index in [0.717, 1.165) is 12.1 Å². The van der Waals surface area contributed by atoms with Crippen LogP contribution in [0.25, 0.3) is 11.1 Å². The van der Waals surface area contributed by atoms with E-state index in [0.29, 0.717) is 0 Å². The quantitative estimate of drug-likeness (QED) is 0.499. The Hall–Kier alpha value is -2.74. The van der Waals surface area contributed by atoms with Crippen LogP contribution in [0, 0.1) is 6.92 Å². The molecule has 1 aliphatic heterocycles. The van der Waals surface area contributed by atoms with Crippen LogP contribution in [0.1, 0.15) is 29.5 Å². The van der Waals surface area contributed by atoms with Crippen LogP contribution < -0.4 is 10.2 Å². The van der Waals surface area contributed by atoms with E-state index in [2.05, 4.69) is 77.8 Å². The maximum absolute atomic E-state index is 3.58. The summed E-state index contributed by atoms with van der Waals surface area (Å²) < 4.78 is 0. The van der Waals surface area contributed by atoms with Crippen molar-refractivity contribution in [1.82, 2.24) is 0 Å². The molecule has 0 saturated carbocycles. The van der Waals surface area contributed by atoms with E-state index in [1.807, 2.05) is 0 Å². The van der Waals surface area contributed by atoms with Gasteiger partial charge in [-0.1, -0.05) is 24.3 Å². The summed E-state index contributed by atoms with van der Waals surface area (Å²) in [6, 6.07) is 22.2. The van der Waals surface area contributed by atoms with Crippen LogP contribution in [0.15, 0.2) is 60.7 Å². The van der Waals surface area contributed by atoms with Crippen molar-refractivity contribution in [2.75, 3.05) is 23.3 Å². The van der Waals surface area contributed by atoms with E-state index in [4.69, 9.17) is 0 Å². The zero-order valence-corrected chi connectivity index (χ0v) is 15.3. The van der Waals surface area contributed by atoms with Crippen LogP contribution in [0.4, 0.5) is 17.1 Å². The molecule has 1 saturated heterocycles. The second kappa shape index (κ2) is 6.21. The number of nitrogens with one attached hydrogen (secondary N) is 1. The lowest BCUT2D eigenvalue weighted by Gasteiger charge is -2.19. The zero-order valence-electron chi connectivity index (χ0n) is 15.3. The van der Waals surface area contributed by atoms with Gasteiger partial charge < -0.3 is 10.2 Å². The molecule has 0 unspecified atom stereocenters. The molecule has 3 aromatic carbocycles. The Morgan fingerprint density at radius 3 is 2.38 bits per heavy atom. The van der Waals surface area contributed by atoms with Gasteiger partial charge in [0.25, 0.3) is 0 Å². The van der Waals surface area contributed by atoms with Gasteiger partial charge in [-0.2, -0.15) is 0 Å². The third kappa shape index (κ3) is 2.66. The van der Waals surface area contributed by atoms with Gasteiger partial charge in [0.05, 0.1) is 0 Å². The molecular formula is C24H24N2. The van der Waals surface area contributed by atoms with E-state index < -0.39 is 0 Å². The second-order valence-electron chi connectivity index (χ2n) is 7.53. The third-order valence-electron chi connectivity index (χ3n) is 5.74. The Labute approximate surface area is 155 Å². The minimum Gasteiger partial charge on any atom is -0.372 e. The normalized spacial score (nSPS) is 15.0. The van der Waals surface area contributed by atoms with Gasteiger partial charge in [-0.15, -0.1) is 0 Å². The molecule has 2 heteroatoms. The molecule has 3 aromatic rings. The fraction of sp³-hybridized carbons (Fsp3) is 0.250. The Bertz CT molecular complexity index is 953. The monoisotopic (exact) mass is 340 g/mol. The molecule has 130 valence electrons. The summed E-state index contributed by atoms with van der Waals surface area (Å²) in [7, 11) is 0. The topological polar surface area (TPSA) is 15.3 Å². The molecule has 0 aromatic heterocycles. The average molecular weight is 340 g/mol. The van der Waals surface area contributed by atoms with Gasteiger partial charge in [0.2, 0.25) is 0 Å². The average Bonchev–Trinajstić information content (AvgIpc) is 3.30. The SMILES string of the molecule is Cc1cc2c(cc1Nc1ccccc1)Cc1ccc(N3CCCC3)cc1-2. The number of para-hydroxylation sites is 1. The lowest BCUT2D eigenvalue weighted by molar-refractivity contribution is 0.949. The summed E-state index contributed by atoms with van der Waals surface area (Å²) in [4.78, 5) is 2.52. The largest absolute Gasteiger partial charge is 0.372 e. The zero-order chi connectivity index (χ0) is 17.5. The number of aryl methyl sites for hydroxylation is 1. The van der Waals surface area contributed by atoms with Crippen molar-refractivity contribution in [2.24, 2.45) is 0 Å². The van der Waals surface area contributed by atoms with Crippen LogP contribution in [0.2, 0.25) is 0 Å². The molecule has 2 nitrogen and oxygen atoms in total. The predicted molar refractivity (Wildman–Crippen MR) is 111 cm³/mol. The minimum absolute atomic E-state index is 1.04. The van der Waals surface area contributed by atoms with Crippen molar-refractivity contribution >= 4 is 17.1 Å². The van der Waals surface area contributed by atoms with Gasteiger partial charge in [0, 0.05) is 30.2 Å². The van der Waals surface area contributed by atoms with Crippen molar-refractivity contribution in [3.05, 3.63) is 77.4 Å². The van der Waals surface area contributed by atoms with E-state index in [1.54, 1.807) is 0 Å². The lowest BCUT2D eigenvalue weighted by atomic mass is 10.0. The number of nitrogens with zero attached hydrogens (tertiary/aromatic N) is 1. The van der Waals surface area contributed by atoms with Gasteiger partial charge in [-0.25, -0.2) is 0 Å². The van der Waals surface area contributed by atoms with Gasteiger partial charge in [0.15, 0.2) is 0 Å². The molecule has 0 amide bonds. The highest BCUT2D eigenvalue weighted by atomic mass is 15.1. The number of anilines is 3. The Kier molecular flexibility index (Phi) is 3.70. The van der Waals surface area contributed by atoms with E-state index >= 15 is 0 Å². The fourth-order valence-electron chi connectivity index (χ4n) is 4.31. The second-order valence-corrected chi connectivity index (χ2v) is 7.53. The van der Waals surface area contributed by atoms with Crippen molar-refractivity contribution in [1.29, 1.82) is 0 Å². The fourth-order valence-corrected chi connectivity index (χ4v) is 4.31. The maximum atomic E-state index is 3.58. The first-order valence-corrected chi connectivity index (χ1v) is 9.62.